The Kier molecular flexibility index (Phi) is 2.16. The second-order valence-electron chi connectivity index (χ2n) is 3.93. The Balaban J connectivity index is 2.08. The molecule has 2 N–H and O–H groups in total. The van der Waals surface area contributed by atoms with Gasteiger partial charge in [-0.2, -0.15) is 0 Å². The fourth-order valence-electron chi connectivity index (χ4n) is 1.98. The summed E-state index contributed by atoms with van der Waals surface area (Å²) in [4.78, 5) is 26.1. The molecule has 18 heavy (non-hydrogen) atoms. The molecule has 0 atom stereocenters. The molecule has 6 nitrogen and oxygen atoms in total. The molecule has 0 radical (unpaired) electrons. The van der Waals surface area contributed by atoms with Crippen LogP contribution in [0.1, 0.15) is 16.1 Å². The lowest BCUT2D eigenvalue weighted by atomic mass is 10.1. The van der Waals surface area contributed by atoms with E-state index in [9.17, 15) is 9.59 Å². The second-order valence-corrected chi connectivity index (χ2v) is 3.93. The number of hydrogen-bond donors (Lipinski definition) is 2. The monoisotopic (exact) mass is 244 g/mol. The number of carboxylic acids is 1. The van der Waals surface area contributed by atoms with Crippen LogP contribution in [-0.4, -0.2) is 22.0 Å². The molecule has 6 heteroatoms. The molecule has 0 fully saturated rings. The summed E-state index contributed by atoms with van der Waals surface area (Å²) >= 11 is 0. The quantitative estimate of drug-likeness (QED) is 0.835. The number of aromatic carboxylic acids is 1. The van der Waals surface area contributed by atoms with Gasteiger partial charge in [0.2, 0.25) is 11.7 Å². The minimum atomic E-state index is -1.17. The van der Waals surface area contributed by atoms with Gasteiger partial charge in [0, 0.05) is 11.3 Å². The summed E-state index contributed by atoms with van der Waals surface area (Å²) in [5.41, 5.74) is 2.47. The highest BCUT2D eigenvalue weighted by atomic mass is 16.4. The number of carbonyl (C=O) groups excluding carboxylic acids is 1. The fourth-order valence-corrected chi connectivity index (χ4v) is 1.98. The van der Waals surface area contributed by atoms with E-state index in [4.69, 9.17) is 9.52 Å². The fraction of sp³-hybridized carbons (Fsp3) is 0.0833. The third kappa shape index (κ3) is 1.55. The van der Waals surface area contributed by atoms with Gasteiger partial charge in [0.25, 0.3) is 0 Å². The minimum absolute atomic E-state index is 0.0687. The first-order valence-electron chi connectivity index (χ1n) is 5.25. The van der Waals surface area contributed by atoms with E-state index in [1.807, 2.05) is 0 Å². The number of amides is 1. The number of anilines is 1. The molecule has 3 rings (SSSR count). The molecule has 0 saturated heterocycles. The van der Waals surface area contributed by atoms with Crippen LogP contribution in [0.2, 0.25) is 0 Å². The zero-order valence-corrected chi connectivity index (χ0v) is 9.14. The lowest BCUT2D eigenvalue weighted by molar-refractivity contribution is -0.115. The van der Waals surface area contributed by atoms with Crippen molar-refractivity contribution >= 4 is 17.6 Å². The van der Waals surface area contributed by atoms with Gasteiger partial charge in [0.05, 0.1) is 6.42 Å². The van der Waals surface area contributed by atoms with Gasteiger partial charge < -0.3 is 14.8 Å². The van der Waals surface area contributed by atoms with Crippen molar-refractivity contribution in [3.05, 3.63) is 35.9 Å². The van der Waals surface area contributed by atoms with Crippen molar-refractivity contribution < 1.29 is 19.1 Å². The van der Waals surface area contributed by atoms with E-state index in [-0.39, 0.29) is 17.4 Å². The third-order valence-electron chi connectivity index (χ3n) is 2.77. The van der Waals surface area contributed by atoms with Crippen molar-refractivity contribution in [1.29, 1.82) is 0 Å². The topological polar surface area (TPSA) is 92.4 Å². The molecule has 1 aromatic heterocycles. The lowest BCUT2D eigenvalue weighted by Crippen LogP contribution is -2.03. The Morgan fingerprint density at radius 2 is 2.28 bits per heavy atom. The number of nitrogens with one attached hydrogen (secondary N) is 1. The van der Waals surface area contributed by atoms with E-state index in [0.717, 1.165) is 17.6 Å². The van der Waals surface area contributed by atoms with Gasteiger partial charge in [-0.25, -0.2) is 9.78 Å². The SMILES string of the molecule is O=C1Cc2cc(-c3ncoc3C(=O)O)ccc2N1. The molecule has 0 aliphatic carbocycles. The van der Waals surface area contributed by atoms with Crippen LogP contribution in [0, 0.1) is 0 Å². The number of carboxylic acid groups (broad SMARTS) is 1. The first-order valence-corrected chi connectivity index (χ1v) is 5.25. The molecule has 1 amide bonds. The molecule has 2 heterocycles. The summed E-state index contributed by atoms with van der Waals surface area (Å²) < 4.78 is 4.83. The van der Waals surface area contributed by atoms with Crippen LogP contribution >= 0.6 is 0 Å². The normalized spacial score (nSPS) is 13.2. The average molecular weight is 244 g/mol. The van der Waals surface area contributed by atoms with Crippen LogP contribution in [0.5, 0.6) is 0 Å². The highest BCUT2D eigenvalue weighted by Gasteiger charge is 2.21. The Morgan fingerprint density at radius 3 is 3.06 bits per heavy atom. The molecule has 0 bridgehead atoms. The Bertz CT molecular complexity index is 660. The number of rotatable bonds is 2. The Labute approximate surface area is 101 Å². The number of benzene rings is 1. The van der Waals surface area contributed by atoms with Crippen molar-refractivity contribution in [2.75, 3.05) is 5.32 Å². The molecule has 90 valence electrons. The molecule has 0 spiro atoms. The van der Waals surface area contributed by atoms with E-state index in [1.165, 1.54) is 0 Å². The molecular formula is C12H8N2O4. The third-order valence-corrected chi connectivity index (χ3v) is 2.77. The van der Waals surface area contributed by atoms with Crippen molar-refractivity contribution in [2.24, 2.45) is 0 Å². The number of nitrogens with zero attached hydrogens (tertiary/aromatic N) is 1. The summed E-state index contributed by atoms with van der Waals surface area (Å²) in [6.45, 7) is 0. The highest BCUT2D eigenvalue weighted by Crippen LogP contribution is 2.29. The molecular weight excluding hydrogens is 236 g/mol. The summed E-state index contributed by atoms with van der Waals surface area (Å²) in [5, 5.41) is 11.7. The van der Waals surface area contributed by atoms with Crippen molar-refractivity contribution in [3.63, 3.8) is 0 Å². The number of fused-ring (bicyclic) bond motifs is 1. The van der Waals surface area contributed by atoms with Crippen molar-refractivity contribution in [2.45, 2.75) is 6.42 Å². The number of oxazole rings is 1. The van der Waals surface area contributed by atoms with Crippen molar-refractivity contribution in [3.8, 4) is 11.3 Å². The number of carbonyl (C=O) groups is 2. The Hall–Kier alpha value is -2.63. The summed E-state index contributed by atoms with van der Waals surface area (Å²) in [6, 6.07) is 5.18. The van der Waals surface area contributed by atoms with Gasteiger partial charge in [-0.1, -0.05) is 6.07 Å². The first-order chi connectivity index (χ1) is 8.65. The van der Waals surface area contributed by atoms with E-state index in [2.05, 4.69) is 10.3 Å². The maximum atomic E-state index is 11.2. The molecule has 1 aliphatic heterocycles. The summed E-state index contributed by atoms with van der Waals surface area (Å²) in [7, 11) is 0. The molecule has 0 saturated carbocycles. The van der Waals surface area contributed by atoms with Crippen LogP contribution in [0.3, 0.4) is 0 Å². The largest absolute Gasteiger partial charge is 0.475 e. The standard InChI is InChI=1S/C12H8N2O4/c15-9-4-7-3-6(1-2-8(7)14-9)10-11(12(16)17)18-5-13-10/h1-3,5H,4H2,(H,14,15)(H,16,17). The Morgan fingerprint density at radius 1 is 1.44 bits per heavy atom. The van der Waals surface area contributed by atoms with Gasteiger partial charge in [-0.15, -0.1) is 0 Å². The van der Waals surface area contributed by atoms with Gasteiger partial charge in [-0.05, 0) is 17.7 Å². The maximum Gasteiger partial charge on any atom is 0.374 e. The highest BCUT2D eigenvalue weighted by molar-refractivity contribution is 6.00. The average Bonchev–Trinajstić information content (AvgIpc) is 2.91. The van der Waals surface area contributed by atoms with Gasteiger partial charge in [0.15, 0.2) is 6.39 Å². The van der Waals surface area contributed by atoms with Gasteiger partial charge in [0.1, 0.15) is 5.69 Å². The number of aromatic nitrogens is 1. The smallest absolute Gasteiger partial charge is 0.374 e. The summed E-state index contributed by atoms with van der Waals surface area (Å²) in [6.07, 6.45) is 1.39. The second kappa shape index (κ2) is 3.69. The molecule has 1 aromatic carbocycles. The lowest BCUT2D eigenvalue weighted by Gasteiger charge is -2.02. The van der Waals surface area contributed by atoms with Crippen LogP contribution in [0.25, 0.3) is 11.3 Å². The van der Waals surface area contributed by atoms with E-state index in [0.29, 0.717) is 12.0 Å². The molecule has 0 unspecified atom stereocenters. The van der Waals surface area contributed by atoms with E-state index >= 15 is 0 Å². The van der Waals surface area contributed by atoms with E-state index < -0.39 is 5.97 Å². The van der Waals surface area contributed by atoms with Crippen LogP contribution in [0.4, 0.5) is 5.69 Å². The van der Waals surface area contributed by atoms with Crippen LogP contribution in [-0.2, 0) is 11.2 Å². The maximum absolute atomic E-state index is 11.2. The van der Waals surface area contributed by atoms with Gasteiger partial charge in [-0.3, -0.25) is 4.79 Å². The van der Waals surface area contributed by atoms with Crippen LogP contribution < -0.4 is 5.32 Å². The zero-order valence-electron chi connectivity index (χ0n) is 9.14. The zero-order chi connectivity index (χ0) is 12.7. The van der Waals surface area contributed by atoms with Gasteiger partial charge >= 0.3 is 5.97 Å². The summed E-state index contributed by atoms with van der Waals surface area (Å²) in [5.74, 6) is -1.44. The van der Waals surface area contributed by atoms with Crippen LogP contribution in [0.15, 0.2) is 29.0 Å². The van der Waals surface area contributed by atoms with Crippen molar-refractivity contribution in [1.82, 2.24) is 4.98 Å². The number of hydrogen-bond acceptors (Lipinski definition) is 4. The predicted molar refractivity (Wildman–Crippen MR) is 61.2 cm³/mol. The first kappa shape index (κ1) is 10.5. The van der Waals surface area contributed by atoms with E-state index in [1.54, 1.807) is 18.2 Å². The molecule has 1 aliphatic rings. The molecule has 2 aromatic rings. The minimum Gasteiger partial charge on any atom is -0.475 e. The predicted octanol–water partition coefficient (Wildman–Crippen LogP) is 1.53.